The van der Waals surface area contributed by atoms with Crippen LogP contribution >= 0.6 is 11.8 Å². The van der Waals surface area contributed by atoms with Gasteiger partial charge in [-0.1, -0.05) is 32.1 Å². The van der Waals surface area contributed by atoms with Crippen molar-refractivity contribution in [1.29, 1.82) is 0 Å². The minimum Gasteiger partial charge on any atom is -0.276 e. The lowest BCUT2D eigenvalue weighted by Crippen LogP contribution is -2.38. The third kappa shape index (κ3) is 4.53. The molecule has 3 heterocycles. The van der Waals surface area contributed by atoms with Crippen molar-refractivity contribution in [1.82, 2.24) is 18.9 Å². The highest BCUT2D eigenvalue weighted by Gasteiger charge is 2.31. The standard InChI is InChI=1S/C25H26FN5O4S2/c1-14(2)11-30-23-21(24(32)29(3)25(30)33)22(15-5-4-6-18(9-15)37(27,34)35)31(28-23)12-16-13-36-20-8-7-17(26)10-19(16)20/h4-10,13-14,19-20H,11-12H2,1-3H3,(H2,27,34,35). The summed E-state index contributed by atoms with van der Waals surface area (Å²) >= 11 is 1.57. The number of nitrogens with two attached hydrogens (primary N) is 1. The van der Waals surface area contributed by atoms with Crippen molar-refractivity contribution in [2.75, 3.05) is 0 Å². The molecule has 3 aromatic rings. The first-order valence-electron chi connectivity index (χ1n) is 11.7. The van der Waals surface area contributed by atoms with Gasteiger partial charge in [-0.3, -0.25) is 18.6 Å². The van der Waals surface area contributed by atoms with Crippen LogP contribution in [0.15, 0.2) is 73.8 Å². The molecule has 0 radical (unpaired) electrons. The van der Waals surface area contributed by atoms with Crippen molar-refractivity contribution in [3.63, 3.8) is 0 Å². The van der Waals surface area contributed by atoms with Gasteiger partial charge < -0.3 is 0 Å². The second-order valence-corrected chi connectivity index (χ2v) is 12.3. The third-order valence-corrected chi connectivity index (χ3v) is 8.60. The SMILES string of the molecule is CC(C)Cn1c(=O)n(C)c(=O)c2c(-c3cccc(S(N)(=O)=O)c3)n(CC3=CSC4C=CC(F)=CC34)nc21. The van der Waals surface area contributed by atoms with E-state index < -0.39 is 21.3 Å². The summed E-state index contributed by atoms with van der Waals surface area (Å²) in [7, 11) is -2.61. The lowest BCUT2D eigenvalue weighted by Gasteiger charge is -2.19. The van der Waals surface area contributed by atoms with Crippen molar-refractivity contribution in [2.24, 2.45) is 24.0 Å². The maximum absolute atomic E-state index is 14.1. The quantitative estimate of drug-likeness (QED) is 0.510. The van der Waals surface area contributed by atoms with Gasteiger partial charge in [0.15, 0.2) is 5.65 Å². The molecule has 0 amide bonds. The normalized spacial score (nSPS) is 19.4. The Kier molecular flexibility index (Phi) is 6.37. The van der Waals surface area contributed by atoms with Gasteiger partial charge in [0.05, 0.1) is 17.1 Å². The molecule has 2 aliphatic rings. The molecule has 1 aromatic carbocycles. The number of nitrogens with zero attached hydrogens (tertiary/aromatic N) is 4. The molecule has 12 heteroatoms. The van der Waals surface area contributed by atoms with Gasteiger partial charge in [0, 0.05) is 30.3 Å². The number of allylic oxidation sites excluding steroid dienone is 4. The van der Waals surface area contributed by atoms with Crippen LogP contribution in [0.2, 0.25) is 0 Å². The van der Waals surface area contributed by atoms with Crippen LogP contribution in [0, 0.1) is 11.8 Å². The Labute approximate surface area is 216 Å². The number of aromatic nitrogens is 4. The monoisotopic (exact) mass is 543 g/mol. The highest BCUT2D eigenvalue weighted by atomic mass is 32.2. The van der Waals surface area contributed by atoms with E-state index in [0.29, 0.717) is 17.8 Å². The van der Waals surface area contributed by atoms with Crippen LogP contribution in [0.1, 0.15) is 13.8 Å². The Morgan fingerprint density at radius 3 is 2.70 bits per heavy atom. The fraction of sp³-hybridized carbons (Fsp3) is 0.320. The summed E-state index contributed by atoms with van der Waals surface area (Å²) in [5, 5.41) is 12.3. The van der Waals surface area contributed by atoms with E-state index in [9.17, 15) is 22.4 Å². The van der Waals surface area contributed by atoms with Gasteiger partial charge in [-0.25, -0.2) is 22.7 Å². The molecule has 0 saturated carbocycles. The van der Waals surface area contributed by atoms with Crippen LogP contribution < -0.4 is 16.4 Å². The molecule has 5 rings (SSSR count). The molecule has 194 valence electrons. The molecule has 2 atom stereocenters. The Balaban J connectivity index is 1.78. The number of rotatable bonds is 6. The first-order valence-corrected chi connectivity index (χ1v) is 14.2. The molecule has 9 nitrogen and oxygen atoms in total. The van der Waals surface area contributed by atoms with Crippen LogP contribution in [0.4, 0.5) is 4.39 Å². The fourth-order valence-electron chi connectivity index (χ4n) is 4.76. The average Bonchev–Trinajstić information content (AvgIpc) is 3.41. The summed E-state index contributed by atoms with van der Waals surface area (Å²) in [5.41, 5.74) is 0.851. The summed E-state index contributed by atoms with van der Waals surface area (Å²) in [6.07, 6.45) is 4.83. The Morgan fingerprint density at radius 1 is 1.24 bits per heavy atom. The minimum absolute atomic E-state index is 0.0561. The first kappa shape index (κ1) is 25.4. The van der Waals surface area contributed by atoms with Gasteiger partial charge in [0.1, 0.15) is 11.2 Å². The molecular weight excluding hydrogens is 517 g/mol. The summed E-state index contributed by atoms with van der Waals surface area (Å²) < 4.78 is 42.4. The van der Waals surface area contributed by atoms with Crippen molar-refractivity contribution >= 4 is 32.8 Å². The van der Waals surface area contributed by atoms with Crippen molar-refractivity contribution in [3.8, 4) is 11.3 Å². The van der Waals surface area contributed by atoms with Crippen LogP contribution in [-0.4, -0.2) is 32.6 Å². The number of fused-ring (bicyclic) bond motifs is 2. The van der Waals surface area contributed by atoms with Crippen molar-refractivity contribution < 1.29 is 12.8 Å². The largest absolute Gasteiger partial charge is 0.332 e. The van der Waals surface area contributed by atoms with E-state index in [2.05, 4.69) is 0 Å². The number of benzene rings is 1. The maximum atomic E-state index is 14.1. The molecule has 2 unspecified atom stereocenters. The smallest absolute Gasteiger partial charge is 0.276 e. The number of sulfonamides is 1. The van der Waals surface area contributed by atoms with E-state index in [1.54, 1.807) is 28.6 Å². The molecule has 2 aromatic heterocycles. The summed E-state index contributed by atoms with van der Waals surface area (Å²) in [6, 6.07) is 5.97. The number of halogens is 1. The Morgan fingerprint density at radius 2 is 2.00 bits per heavy atom. The predicted octanol–water partition coefficient (Wildman–Crippen LogP) is 2.91. The van der Waals surface area contributed by atoms with Crippen LogP contribution in [-0.2, 0) is 30.2 Å². The van der Waals surface area contributed by atoms with E-state index in [1.807, 2.05) is 25.3 Å². The van der Waals surface area contributed by atoms with Gasteiger partial charge in [-0.05, 0) is 41.2 Å². The highest BCUT2D eigenvalue weighted by Crippen LogP contribution is 2.42. The molecule has 2 N–H and O–H groups in total. The highest BCUT2D eigenvalue weighted by molar-refractivity contribution is 8.03. The maximum Gasteiger partial charge on any atom is 0.332 e. The molecular formula is C25H26FN5O4S2. The second kappa shape index (κ2) is 9.26. The zero-order valence-corrected chi connectivity index (χ0v) is 22.1. The zero-order valence-electron chi connectivity index (χ0n) is 20.5. The molecule has 0 saturated heterocycles. The molecule has 0 spiro atoms. The van der Waals surface area contributed by atoms with Crippen LogP contribution in [0.25, 0.3) is 22.3 Å². The number of thioether (sulfide) groups is 1. The minimum atomic E-state index is -4.02. The topological polar surface area (TPSA) is 122 Å². The van der Waals surface area contributed by atoms with Crippen LogP contribution in [0.5, 0.6) is 0 Å². The van der Waals surface area contributed by atoms with Gasteiger partial charge in [0.25, 0.3) is 5.56 Å². The molecule has 1 aliphatic heterocycles. The lowest BCUT2D eigenvalue weighted by atomic mass is 9.92. The van der Waals surface area contributed by atoms with Gasteiger partial charge in [-0.2, -0.15) is 5.10 Å². The Bertz CT molecular complexity index is 1740. The van der Waals surface area contributed by atoms with Gasteiger partial charge in [0.2, 0.25) is 10.0 Å². The van der Waals surface area contributed by atoms with Gasteiger partial charge in [-0.15, -0.1) is 11.8 Å². The van der Waals surface area contributed by atoms with E-state index >= 15 is 0 Å². The summed E-state index contributed by atoms with van der Waals surface area (Å²) in [4.78, 5) is 26.4. The van der Waals surface area contributed by atoms with E-state index in [1.165, 1.54) is 35.9 Å². The van der Waals surface area contributed by atoms with Crippen molar-refractivity contribution in [2.45, 2.75) is 37.1 Å². The third-order valence-electron chi connectivity index (χ3n) is 6.48. The molecule has 0 bridgehead atoms. The predicted molar refractivity (Wildman–Crippen MR) is 142 cm³/mol. The fourth-order valence-corrected chi connectivity index (χ4v) is 6.47. The number of primary sulfonamides is 1. The second-order valence-electron chi connectivity index (χ2n) is 9.66. The first-order chi connectivity index (χ1) is 17.5. The Hall–Kier alpha value is -3.22. The van der Waals surface area contributed by atoms with Crippen molar-refractivity contribution in [3.05, 3.63) is 80.1 Å². The lowest BCUT2D eigenvalue weighted by molar-refractivity contribution is 0.497. The van der Waals surface area contributed by atoms with E-state index in [0.717, 1.165) is 10.1 Å². The van der Waals surface area contributed by atoms with Crippen LogP contribution in [0.3, 0.4) is 0 Å². The average molecular weight is 544 g/mol. The van der Waals surface area contributed by atoms with Gasteiger partial charge >= 0.3 is 5.69 Å². The zero-order chi connectivity index (χ0) is 26.6. The summed E-state index contributed by atoms with van der Waals surface area (Å²) in [6.45, 7) is 4.46. The van der Waals surface area contributed by atoms with E-state index in [4.69, 9.17) is 10.2 Å². The van der Waals surface area contributed by atoms with E-state index in [-0.39, 0.29) is 45.4 Å². The number of hydrogen-bond donors (Lipinski definition) is 1. The summed E-state index contributed by atoms with van der Waals surface area (Å²) in [5.74, 6) is -0.415. The molecule has 1 aliphatic carbocycles. The number of hydrogen-bond acceptors (Lipinski definition) is 6. The molecule has 37 heavy (non-hydrogen) atoms. The molecule has 0 fully saturated rings.